The Hall–Kier alpha value is -3.12. The Bertz CT molecular complexity index is 1120. The van der Waals surface area contributed by atoms with Crippen LogP contribution in [0.4, 0.5) is 17.1 Å². The lowest BCUT2D eigenvalue weighted by molar-refractivity contribution is 0.102. The summed E-state index contributed by atoms with van der Waals surface area (Å²) in [5.41, 5.74) is 6.53. The fourth-order valence-electron chi connectivity index (χ4n) is 4.33. The summed E-state index contributed by atoms with van der Waals surface area (Å²) in [5, 5.41) is 7.81. The molecule has 3 aromatic rings. The first-order valence-corrected chi connectivity index (χ1v) is 11.4. The first kappa shape index (κ1) is 21.1. The molecule has 6 heteroatoms. The lowest BCUT2D eigenvalue weighted by Crippen LogP contribution is -2.22. The van der Waals surface area contributed by atoms with E-state index in [0.29, 0.717) is 16.1 Å². The van der Waals surface area contributed by atoms with E-state index in [9.17, 15) is 9.59 Å². The summed E-state index contributed by atoms with van der Waals surface area (Å²) in [5.74, 6) is -0.437. The number of aryl methyl sites for hydroxylation is 2. The molecule has 0 unspecified atom stereocenters. The van der Waals surface area contributed by atoms with Crippen LogP contribution in [0.15, 0.2) is 47.8 Å². The molecule has 1 aliphatic rings. The molecule has 0 bridgehead atoms. The normalized spacial score (nSPS) is 13.3. The molecular weight excluding hydrogens is 406 g/mol. The minimum absolute atomic E-state index is 0.208. The number of thiophene rings is 1. The maximum atomic E-state index is 13.2. The van der Waals surface area contributed by atoms with Gasteiger partial charge in [0.1, 0.15) is 4.88 Å². The van der Waals surface area contributed by atoms with Gasteiger partial charge in [0, 0.05) is 30.0 Å². The van der Waals surface area contributed by atoms with Crippen molar-refractivity contribution in [2.24, 2.45) is 0 Å². The summed E-state index contributed by atoms with van der Waals surface area (Å²) in [4.78, 5) is 28.6. The van der Waals surface area contributed by atoms with Gasteiger partial charge in [-0.2, -0.15) is 0 Å². The molecule has 1 aromatic heterocycles. The number of benzene rings is 2. The third-order valence-electron chi connectivity index (χ3n) is 5.75. The lowest BCUT2D eigenvalue weighted by atomic mass is 10.0. The molecule has 31 heavy (non-hydrogen) atoms. The number of hydrogen-bond acceptors (Lipinski definition) is 4. The van der Waals surface area contributed by atoms with Crippen LogP contribution in [0, 0.1) is 20.8 Å². The van der Waals surface area contributed by atoms with Crippen LogP contribution in [0.25, 0.3) is 0 Å². The number of nitrogens with one attached hydrogen (secondary N) is 2. The van der Waals surface area contributed by atoms with E-state index in [0.717, 1.165) is 29.9 Å². The van der Waals surface area contributed by atoms with Gasteiger partial charge in [-0.25, -0.2) is 0 Å². The van der Waals surface area contributed by atoms with Crippen molar-refractivity contribution in [1.82, 2.24) is 0 Å². The van der Waals surface area contributed by atoms with Crippen molar-refractivity contribution in [2.75, 3.05) is 28.6 Å². The summed E-state index contributed by atoms with van der Waals surface area (Å²) in [6, 6.07) is 12.9. The summed E-state index contributed by atoms with van der Waals surface area (Å²) in [6.45, 7) is 8.35. The topological polar surface area (TPSA) is 61.4 Å². The summed E-state index contributed by atoms with van der Waals surface area (Å²) in [6.07, 6.45) is 2.40. The third-order valence-corrected chi connectivity index (χ3v) is 6.66. The number of carbonyl (C=O) groups is 2. The van der Waals surface area contributed by atoms with Gasteiger partial charge in [-0.3, -0.25) is 9.59 Å². The molecule has 0 aliphatic carbocycles. The lowest BCUT2D eigenvalue weighted by Gasteiger charge is -2.26. The summed E-state index contributed by atoms with van der Waals surface area (Å²) >= 11 is 1.32. The number of carbonyl (C=O) groups excluding carboxylic acids is 2. The van der Waals surface area contributed by atoms with Gasteiger partial charge in [0.25, 0.3) is 11.8 Å². The van der Waals surface area contributed by atoms with Crippen molar-refractivity contribution in [3.63, 3.8) is 0 Å². The molecule has 5 nitrogen and oxygen atoms in total. The van der Waals surface area contributed by atoms with Gasteiger partial charge in [-0.15, -0.1) is 11.3 Å². The Morgan fingerprint density at radius 1 is 0.903 bits per heavy atom. The highest BCUT2D eigenvalue weighted by Crippen LogP contribution is 2.36. The molecule has 2 N–H and O–H groups in total. The van der Waals surface area contributed by atoms with Crippen LogP contribution in [0.3, 0.4) is 0 Å². The Morgan fingerprint density at radius 2 is 1.61 bits per heavy atom. The summed E-state index contributed by atoms with van der Waals surface area (Å²) < 4.78 is 0. The second-order valence-electron chi connectivity index (χ2n) is 7.99. The van der Waals surface area contributed by atoms with Gasteiger partial charge in [0.15, 0.2) is 0 Å². The van der Waals surface area contributed by atoms with Crippen LogP contribution in [-0.4, -0.2) is 24.9 Å². The maximum Gasteiger partial charge on any atom is 0.267 e. The molecule has 2 heterocycles. The minimum atomic E-state index is -0.230. The molecule has 0 spiro atoms. The van der Waals surface area contributed by atoms with Crippen molar-refractivity contribution in [3.8, 4) is 0 Å². The summed E-state index contributed by atoms with van der Waals surface area (Å²) in [7, 11) is 0. The van der Waals surface area contributed by atoms with E-state index in [-0.39, 0.29) is 11.8 Å². The van der Waals surface area contributed by atoms with Gasteiger partial charge in [0.05, 0.1) is 5.69 Å². The van der Waals surface area contributed by atoms with Crippen molar-refractivity contribution in [3.05, 3.63) is 75.0 Å². The molecule has 1 fully saturated rings. The first-order chi connectivity index (χ1) is 15.0. The molecule has 160 valence electrons. The standard InChI is InChI=1S/C25H27N3O2S/c1-16-15-17(2)22(28-12-7-8-13-28)18(3)21(16)27-25(30)23-20(11-14-31-23)26-24(29)19-9-5-4-6-10-19/h4-6,9-11,14-15H,7-8,12-13H2,1-3H3,(H,26,29)(H,27,30). The van der Waals surface area contributed by atoms with E-state index in [4.69, 9.17) is 0 Å². The largest absolute Gasteiger partial charge is 0.371 e. The predicted octanol–water partition coefficient (Wildman–Crippen LogP) is 5.78. The average molecular weight is 434 g/mol. The fourth-order valence-corrected chi connectivity index (χ4v) is 5.08. The molecule has 4 rings (SSSR count). The van der Waals surface area contributed by atoms with E-state index in [1.54, 1.807) is 18.2 Å². The van der Waals surface area contributed by atoms with Gasteiger partial charge >= 0.3 is 0 Å². The quantitative estimate of drug-likeness (QED) is 0.536. The molecule has 2 aromatic carbocycles. The number of hydrogen-bond donors (Lipinski definition) is 2. The van der Waals surface area contributed by atoms with Crippen molar-refractivity contribution >= 4 is 40.2 Å². The Kier molecular flexibility index (Phi) is 6.09. The highest BCUT2D eigenvalue weighted by atomic mass is 32.1. The van der Waals surface area contributed by atoms with Crippen LogP contribution in [0.2, 0.25) is 0 Å². The van der Waals surface area contributed by atoms with Gasteiger partial charge in [-0.1, -0.05) is 24.3 Å². The highest BCUT2D eigenvalue weighted by molar-refractivity contribution is 7.12. The Balaban J connectivity index is 1.58. The van der Waals surface area contributed by atoms with Crippen LogP contribution in [-0.2, 0) is 0 Å². The van der Waals surface area contributed by atoms with E-state index < -0.39 is 0 Å². The molecule has 1 aliphatic heterocycles. The molecule has 0 saturated carbocycles. The van der Waals surface area contributed by atoms with Gasteiger partial charge < -0.3 is 15.5 Å². The van der Waals surface area contributed by atoms with Crippen LogP contribution in [0.1, 0.15) is 49.6 Å². The van der Waals surface area contributed by atoms with Gasteiger partial charge in [0.2, 0.25) is 0 Å². The first-order valence-electron chi connectivity index (χ1n) is 10.6. The molecule has 2 amide bonds. The van der Waals surface area contributed by atoms with Crippen LogP contribution in [0.5, 0.6) is 0 Å². The zero-order valence-electron chi connectivity index (χ0n) is 18.1. The maximum absolute atomic E-state index is 13.2. The molecule has 0 radical (unpaired) electrons. The molecule has 0 atom stereocenters. The number of amides is 2. The van der Waals surface area contributed by atoms with Crippen LogP contribution < -0.4 is 15.5 Å². The van der Waals surface area contributed by atoms with E-state index in [1.165, 1.54) is 35.4 Å². The number of anilines is 3. The zero-order chi connectivity index (χ0) is 22.0. The van der Waals surface area contributed by atoms with Crippen LogP contribution >= 0.6 is 11.3 Å². The minimum Gasteiger partial charge on any atom is -0.371 e. The SMILES string of the molecule is Cc1cc(C)c(N2CCCC2)c(C)c1NC(=O)c1sccc1NC(=O)c1ccccc1. The fraction of sp³-hybridized carbons (Fsp3) is 0.280. The third kappa shape index (κ3) is 4.35. The van der Waals surface area contributed by atoms with E-state index in [1.807, 2.05) is 30.5 Å². The monoisotopic (exact) mass is 433 g/mol. The zero-order valence-corrected chi connectivity index (χ0v) is 18.9. The second-order valence-corrected chi connectivity index (χ2v) is 8.91. The smallest absolute Gasteiger partial charge is 0.267 e. The van der Waals surface area contributed by atoms with Crippen molar-refractivity contribution < 1.29 is 9.59 Å². The second kappa shape index (κ2) is 8.94. The number of nitrogens with zero attached hydrogens (tertiary/aromatic N) is 1. The highest BCUT2D eigenvalue weighted by Gasteiger charge is 2.22. The van der Waals surface area contributed by atoms with E-state index >= 15 is 0 Å². The van der Waals surface area contributed by atoms with Gasteiger partial charge in [-0.05, 0) is 73.9 Å². The number of rotatable bonds is 5. The Morgan fingerprint density at radius 3 is 2.32 bits per heavy atom. The predicted molar refractivity (Wildman–Crippen MR) is 129 cm³/mol. The molecular formula is C25H27N3O2S. The Labute approximate surface area is 187 Å². The average Bonchev–Trinajstić information content (AvgIpc) is 3.44. The van der Waals surface area contributed by atoms with Crippen molar-refractivity contribution in [1.29, 1.82) is 0 Å². The van der Waals surface area contributed by atoms with Crippen molar-refractivity contribution in [2.45, 2.75) is 33.6 Å². The van der Waals surface area contributed by atoms with E-state index in [2.05, 4.69) is 35.4 Å². The molecule has 1 saturated heterocycles.